The molecule has 7 nitrogen and oxygen atoms in total. The van der Waals surface area contributed by atoms with Crippen LogP contribution in [-0.4, -0.2) is 29.0 Å². The second-order valence-electron chi connectivity index (χ2n) is 13.0. The first kappa shape index (κ1) is 39.7. The summed E-state index contributed by atoms with van der Waals surface area (Å²) in [4.78, 5) is 4.68. The third kappa shape index (κ3) is 11.5. The molecule has 7 heteroatoms. The fraction of sp³-hybridized carbons (Fsp3) is 0.125. The largest absolute Gasteiger partial charge is 0.356 e. The summed E-state index contributed by atoms with van der Waals surface area (Å²) in [5, 5.41) is 15.6. The molecule has 0 saturated heterocycles. The van der Waals surface area contributed by atoms with Gasteiger partial charge in [-0.1, -0.05) is 111 Å². The molecule has 2 heterocycles. The van der Waals surface area contributed by atoms with Crippen LogP contribution in [0.1, 0.15) is 46.5 Å². The Labute approximate surface area is 325 Å². The van der Waals surface area contributed by atoms with Crippen molar-refractivity contribution < 1.29 is 0 Å². The van der Waals surface area contributed by atoms with Crippen LogP contribution in [-0.2, 0) is 6.54 Å². The van der Waals surface area contributed by atoms with Gasteiger partial charge in [0.15, 0.2) is 0 Å². The zero-order valence-corrected chi connectivity index (χ0v) is 30.8. The van der Waals surface area contributed by atoms with Crippen LogP contribution in [0.5, 0.6) is 0 Å². The van der Waals surface area contributed by atoms with Gasteiger partial charge in [-0.25, -0.2) is 0 Å². The fourth-order valence-electron chi connectivity index (χ4n) is 5.95. The first-order valence-corrected chi connectivity index (χ1v) is 18.2. The highest BCUT2D eigenvalue weighted by molar-refractivity contribution is 6.13. The monoisotopic (exact) mass is 725 g/mol. The fourth-order valence-corrected chi connectivity index (χ4v) is 5.95. The summed E-state index contributed by atoms with van der Waals surface area (Å²) >= 11 is 0. The summed E-state index contributed by atoms with van der Waals surface area (Å²) in [5.74, 6) is 0. The van der Waals surface area contributed by atoms with Crippen molar-refractivity contribution in [2.75, 3.05) is 23.7 Å². The van der Waals surface area contributed by atoms with Crippen LogP contribution in [0.4, 0.5) is 22.7 Å². The molecule has 0 bridgehead atoms. The maximum atomic E-state index is 4.90. The number of fused-ring (bicyclic) bond motifs is 2. The van der Waals surface area contributed by atoms with Gasteiger partial charge >= 0.3 is 0 Å². The number of aryl methyl sites for hydroxylation is 2. The van der Waals surface area contributed by atoms with Gasteiger partial charge in [0.2, 0.25) is 0 Å². The van der Waals surface area contributed by atoms with Crippen molar-refractivity contribution in [1.29, 1.82) is 0 Å². The Morgan fingerprint density at radius 3 is 1.71 bits per heavy atom. The van der Waals surface area contributed by atoms with E-state index in [1.807, 2.05) is 42.5 Å². The standard InChI is InChI=1S/C23H20N2.C22H19N3.C2H8N2.CH4/c1-17-6-5-9-20(14-17)25-21-11-12-22-19(15-21)16-24-23(22)13-10-18-7-3-2-4-8-18;1-16-6-5-9-18(14-16)23-19-11-12-20-21(24-25-22(20)15-19)13-10-17-7-3-2-4-8-17;3-1-2-4;/h2-15,25H,16H2,1H3;2-15,23H,1H3,(H,24,25);1-4H2;1H4/b2*13-10+;;. The van der Waals surface area contributed by atoms with Crippen LogP contribution in [0.2, 0.25) is 0 Å². The molecule has 0 unspecified atom stereocenters. The smallest absolute Gasteiger partial charge is 0.0927 e. The Hall–Kier alpha value is -6.54. The molecule has 0 aliphatic carbocycles. The number of benzene rings is 6. The molecule has 1 aromatic heterocycles. The number of hydrogen-bond donors (Lipinski definition) is 5. The van der Waals surface area contributed by atoms with E-state index < -0.39 is 0 Å². The normalized spacial score (nSPS) is 11.5. The predicted octanol–water partition coefficient (Wildman–Crippen LogP) is 11.1. The Balaban J connectivity index is 0.000000189. The average molecular weight is 726 g/mol. The number of H-pyrrole nitrogens is 1. The maximum Gasteiger partial charge on any atom is 0.0927 e. The third-order valence-corrected chi connectivity index (χ3v) is 8.64. The lowest BCUT2D eigenvalue weighted by Gasteiger charge is -2.09. The van der Waals surface area contributed by atoms with Gasteiger partial charge in [0.25, 0.3) is 0 Å². The summed E-state index contributed by atoms with van der Waals surface area (Å²) in [6.45, 7) is 6.13. The van der Waals surface area contributed by atoms with E-state index in [4.69, 9.17) is 11.5 Å². The van der Waals surface area contributed by atoms with Crippen molar-refractivity contribution in [3.63, 3.8) is 0 Å². The van der Waals surface area contributed by atoms with E-state index >= 15 is 0 Å². The molecule has 278 valence electrons. The Morgan fingerprint density at radius 2 is 1.13 bits per heavy atom. The number of hydrogen-bond acceptors (Lipinski definition) is 6. The summed E-state index contributed by atoms with van der Waals surface area (Å²) in [6.07, 6.45) is 8.35. The van der Waals surface area contributed by atoms with Crippen molar-refractivity contribution in [3.8, 4) is 0 Å². The first-order chi connectivity index (χ1) is 26.5. The second-order valence-corrected chi connectivity index (χ2v) is 13.0. The van der Waals surface area contributed by atoms with E-state index in [1.54, 1.807) is 0 Å². The second kappa shape index (κ2) is 20.1. The molecule has 0 fully saturated rings. The molecule has 7 N–H and O–H groups in total. The predicted molar refractivity (Wildman–Crippen MR) is 237 cm³/mol. The van der Waals surface area contributed by atoms with Gasteiger partial charge < -0.3 is 22.1 Å². The molecular weight excluding hydrogens is 675 g/mol. The van der Waals surface area contributed by atoms with Crippen LogP contribution in [0.15, 0.2) is 157 Å². The van der Waals surface area contributed by atoms with Gasteiger partial charge in [-0.3, -0.25) is 10.1 Å². The molecule has 8 rings (SSSR count). The number of nitrogens with zero attached hydrogens (tertiary/aromatic N) is 2. The lowest BCUT2D eigenvalue weighted by molar-refractivity contribution is 0.976. The molecule has 0 atom stereocenters. The maximum absolute atomic E-state index is 4.90. The SMILES string of the molecule is C.Cc1cccc(Nc2ccc3c(/C=C/c4ccccc4)n[nH]c3c2)c1.Cc1cccc(Nc2ccc3c(c2)CN=C3/C=C/c2ccccc2)c1.NCCN. The lowest BCUT2D eigenvalue weighted by Crippen LogP contribution is -2.11. The Kier molecular flexibility index (Phi) is 14.5. The van der Waals surface area contributed by atoms with Crippen molar-refractivity contribution >= 4 is 57.6 Å². The van der Waals surface area contributed by atoms with E-state index in [1.165, 1.54) is 27.8 Å². The number of anilines is 4. The van der Waals surface area contributed by atoms with Crippen molar-refractivity contribution in [1.82, 2.24) is 10.2 Å². The van der Waals surface area contributed by atoms with Crippen molar-refractivity contribution in [2.45, 2.75) is 27.8 Å². The van der Waals surface area contributed by atoms with Crippen LogP contribution in [0, 0.1) is 13.8 Å². The number of nitrogens with one attached hydrogen (secondary N) is 3. The molecular formula is C48H51N7. The van der Waals surface area contributed by atoms with Gasteiger partial charge in [-0.2, -0.15) is 5.10 Å². The molecule has 0 amide bonds. The van der Waals surface area contributed by atoms with Gasteiger partial charge in [0, 0.05) is 46.8 Å². The number of aromatic nitrogens is 2. The molecule has 6 aromatic carbocycles. The number of aliphatic imine (C=N–C) groups is 1. The zero-order chi connectivity index (χ0) is 37.5. The molecule has 0 spiro atoms. The molecule has 7 aromatic rings. The summed E-state index contributed by atoms with van der Waals surface area (Å²) < 4.78 is 0. The van der Waals surface area contributed by atoms with Gasteiger partial charge in [0.1, 0.15) is 0 Å². The minimum Gasteiger partial charge on any atom is -0.356 e. The van der Waals surface area contributed by atoms with Crippen molar-refractivity contribution in [3.05, 3.63) is 191 Å². The molecule has 0 radical (unpaired) electrons. The van der Waals surface area contributed by atoms with Crippen LogP contribution >= 0.6 is 0 Å². The topological polar surface area (TPSA) is 117 Å². The van der Waals surface area contributed by atoms with E-state index in [0.29, 0.717) is 13.1 Å². The number of allylic oxidation sites excluding steroid dienone is 1. The van der Waals surface area contributed by atoms with Crippen LogP contribution in [0.25, 0.3) is 29.1 Å². The Bertz CT molecular complexity index is 2350. The molecule has 1 aliphatic rings. The summed E-state index contributed by atoms with van der Waals surface area (Å²) in [6, 6.07) is 50.1. The highest BCUT2D eigenvalue weighted by atomic mass is 15.1. The molecule has 55 heavy (non-hydrogen) atoms. The first-order valence-electron chi connectivity index (χ1n) is 18.2. The summed E-state index contributed by atoms with van der Waals surface area (Å²) in [5.41, 5.74) is 24.5. The van der Waals surface area contributed by atoms with E-state index in [0.717, 1.165) is 57.2 Å². The average Bonchev–Trinajstić information content (AvgIpc) is 3.80. The molecule has 0 saturated carbocycles. The molecule has 1 aliphatic heterocycles. The number of aromatic amines is 1. The van der Waals surface area contributed by atoms with Gasteiger partial charge in [-0.05, 0) is 108 Å². The number of nitrogens with two attached hydrogens (primary N) is 2. The minimum atomic E-state index is 0. The zero-order valence-electron chi connectivity index (χ0n) is 30.8. The lowest BCUT2D eigenvalue weighted by atomic mass is 10.0. The number of rotatable bonds is 9. The van der Waals surface area contributed by atoms with E-state index in [-0.39, 0.29) is 7.43 Å². The Morgan fingerprint density at radius 1 is 0.582 bits per heavy atom. The summed E-state index contributed by atoms with van der Waals surface area (Å²) in [7, 11) is 0. The highest BCUT2D eigenvalue weighted by Crippen LogP contribution is 2.27. The quantitative estimate of drug-likeness (QED) is 0.102. The highest BCUT2D eigenvalue weighted by Gasteiger charge is 2.14. The van der Waals surface area contributed by atoms with Gasteiger partial charge in [-0.15, -0.1) is 0 Å². The van der Waals surface area contributed by atoms with E-state index in [9.17, 15) is 0 Å². The van der Waals surface area contributed by atoms with Crippen LogP contribution in [0.3, 0.4) is 0 Å². The van der Waals surface area contributed by atoms with Gasteiger partial charge in [0.05, 0.1) is 23.5 Å². The minimum absolute atomic E-state index is 0. The van der Waals surface area contributed by atoms with E-state index in [2.05, 4.69) is 167 Å². The van der Waals surface area contributed by atoms with Crippen molar-refractivity contribution in [2.24, 2.45) is 16.5 Å². The van der Waals surface area contributed by atoms with Crippen LogP contribution < -0.4 is 22.1 Å². The third-order valence-electron chi connectivity index (χ3n) is 8.64.